The van der Waals surface area contributed by atoms with Crippen LogP contribution in [0.1, 0.15) is 10.4 Å². The maximum atomic E-state index is 12.5. The van der Waals surface area contributed by atoms with Crippen molar-refractivity contribution >= 4 is 77.1 Å². The highest BCUT2D eigenvalue weighted by Gasteiger charge is 2.21. The Hall–Kier alpha value is -7.24. The van der Waals surface area contributed by atoms with Crippen LogP contribution >= 0.6 is 0 Å². The number of carboxylic acid groups (broad SMARTS) is 1. The van der Waals surface area contributed by atoms with E-state index in [1.54, 1.807) is 12.1 Å². The zero-order chi connectivity index (χ0) is 35.5. The van der Waals surface area contributed by atoms with Crippen molar-refractivity contribution in [3.8, 4) is 22.5 Å². The van der Waals surface area contributed by atoms with E-state index >= 15 is 0 Å². The predicted molar refractivity (Wildman–Crippen MR) is 217 cm³/mol. The number of carboxylic acids is 1. The molecule has 1 aliphatic carbocycles. The van der Waals surface area contributed by atoms with Crippen molar-refractivity contribution in [2.45, 2.75) is 0 Å². The lowest BCUT2D eigenvalue weighted by atomic mass is 9.90. The summed E-state index contributed by atoms with van der Waals surface area (Å²) in [5.74, 6) is -0.378. The zero-order valence-corrected chi connectivity index (χ0v) is 28.4. The molecule has 0 unspecified atom stereocenters. The molecule has 0 amide bonds. The fourth-order valence-electron chi connectivity index (χ4n) is 7.53. The molecule has 5 heteroatoms. The summed E-state index contributed by atoms with van der Waals surface area (Å²) < 4.78 is 6.65. The van der Waals surface area contributed by atoms with Gasteiger partial charge in [-0.15, -0.1) is 0 Å². The molecular formula is C48H30N2O3. The van der Waals surface area contributed by atoms with Crippen molar-refractivity contribution < 1.29 is 14.3 Å². The van der Waals surface area contributed by atoms with E-state index in [1.807, 2.05) is 54.6 Å². The topological polar surface area (TPSA) is 74.8 Å². The Balaban J connectivity index is 1.11. The summed E-state index contributed by atoms with van der Waals surface area (Å²) in [7, 11) is 0. The van der Waals surface area contributed by atoms with E-state index in [4.69, 9.17) is 9.41 Å². The molecule has 0 aromatic heterocycles. The average molecular weight is 683 g/mol. The summed E-state index contributed by atoms with van der Waals surface area (Å²) in [6.07, 6.45) is 0. The molecule has 0 saturated heterocycles. The first-order valence-corrected chi connectivity index (χ1v) is 17.5. The van der Waals surface area contributed by atoms with Gasteiger partial charge in [0.25, 0.3) is 0 Å². The van der Waals surface area contributed by atoms with Crippen molar-refractivity contribution in [2.24, 2.45) is 4.99 Å². The molecule has 1 aliphatic heterocycles. The molecule has 0 fully saturated rings. The Morgan fingerprint density at radius 1 is 0.509 bits per heavy atom. The molecule has 8 aromatic carbocycles. The van der Waals surface area contributed by atoms with Crippen molar-refractivity contribution in [3.05, 3.63) is 181 Å². The van der Waals surface area contributed by atoms with Gasteiger partial charge in [-0.25, -0.2) is 9.79 Å². The molecule has 0 spiro atoms. The van der Waals surface area contributed by atoms with Gasteiger partial charge in [-0.3, -0.25) is 0 Å². The Labute approximate surface area is 304 Å². The van der Waals surface area contributed by atoms with Gasteiger partial charge in [0, 0.05) is 40.0 Å². The average Bonchev–Trinajstić information content (AvgIpc) is 3.18. The second kappa shape index (κ2) is 12.2. The number of hydrogen-bond donors (Lipinski definition) is 2. The molecule has 0 bridgehead atoms. The Morgan fingerprint density at radius 2 is 1.09 bits per heavy atom. The van der Waals surface area contributed by atoms with Crippen LogP contribution in [0.3, 0.4) is 0 Å². The summed E-state index contributed by atoms with van der Waals surface area (Å²) in [5, 5.41) is 24.7. The van der Waals surface area contributed by atoms with Gasteiger partial charge in [0.1, 0.15) is 11.3 Å². The lowest BCUT2D eigenvalue weighted by molar-refractivity contribution is 0.0697. The summed E-state index contributed by atoms with van der Waals surface area (Å²) in [4.78, 5) is 17.5. The van der Waals surface area contributed by atoms with Gasteiger partial charge < -0.3 is 14.8 Å². The van der Waals surface area contributed by atoms with Crippen LogP contribution in [-0.4, -0.2) is 11.1 Å². The minimum atomic E-state index is -0.985. The van der Waals surface area contributed by atoms with E-state index in [2.05, 4.69) is 108 Å². The third-order valence-electron chi connectivity index (χ3n) is 10.1. The maximum Gasteiger partial charge on any atom is 0.336 e. The summed E-state index contributed by atoms with van der Waals surface area (Å²) in [5.41, 5.74) is 5.71. The van der Waals surface area contributed by atoms with Gasteiger partial charge in [-0.2, -0.15) is 0 Å². The highest BCUT2D eigenvalue weighted by atomic mass is 16.4. The van der Waals surface area contributed by atoms with Crippen molar-refractivity contribution in [1.82, 2.24) is 0 Å². The maximum absolute atomic E-state index is 12.5. The van der Waals surface area contributed by atoms with Crippen LogP contribution in [0.4, 0.5) is 17.1 Å². The fourth-order valence-corrected chi connectivity index (χ4v) is 7.53. The number of fused-ring (bicyclic) bond motifs is 6. The van der Waals surface area contributed by atoms with Gasteiger partial charge in [0.15, 0.2) is 0 Å². The number of nitrogens with zero attached hydrogens (tertiary/aromatic N) is 1. The lowest BCUT2D eigenvalue weighted by Crippen LogP contribution is -2.04. The first kappa shape index (κ1) is 30.6. The molecule has 2 N–H and O–H groups in total. The van der Waals surface area contributed by atoms with Gasteiger partial charge in [-0.1, -0.05) is 78.9 Å². The molecule has 2 aliphatic rings. The number of carbonyl (C=O) groups is 1. The normalized spacial score (nSPS) is 12.0. The van der Waals surface area contributed by atoms with Crippen LogP contribution < -0.4 is 10.7 Å². The highest BCUT2D eigenvalue weighted by Crippen LogP contribution is 2.42. The van der Waals surface area contributed by atoms with Crippen LogP contribution in [0.5, 0.6) is 0 Å². The van der Waals surface area contributed by atoms with E-state index in [-0.39, 0.29) is 5.56 Å². The third kappa shape index (κ3) is 5.52. The Morgan fingerprint density at radius 3 is 1.81 bits per heavy atom. The molecule has 0 saturated carbocycles. The molecule has 5 nitrogen and oxygen atoms in total. The second-order valence-electron chi connectivity index (χ2n) is 13.4. The molecule has 0 radical (unpaired) electrons. The number of benzene rings is 9. The number of anilines is 2. The fraction of sp³-hybridized carbons (Fsp3) is 0. The molecule has 250 valence electrons. The summed E-state index contributed by atoms with van der Waals surface area (Å²) >= 11 is 0. The van der Waals surface area contributed by atoms with E-state index in [9.17, 15) is 9.90 Å². The minimum Gasteiger partial charge on any atom is -0.478 e. The zero-order valence-electron chi connectivity index (χ0n) is 28.4. The minimum absolute atomic E-state index is 0.227. The summed E-state index contributed by atoms with van der Waals surface area (Å²) in [6, 6.07) is 57.2. The molecule has 10 rings (SSSR count). The van der Waals surface area contributed by atoms with Crippen LogP contribution in [-0.2, 0) is 0 Å². The number of rotatable bonds is 5. The van der Waals surface area contributed by atoms with Crippen LogP contribution in [0, 0.1) is 0 Å². The first-order valence-electron chi connectivity index (χ1n) is 17.5. The van der Waals surface area contributed by atoms with Crippen LogP contribution in [0.15, 0.2) is 179 Å². The highest BCUT2D eigenvalue weighted by molar-refractivity contribution is 6.08. The van der Waals surface area contributed by atoms with Gasteiger partial charge in [0.2, 0.25) is 0 Å². The number of aromatic carboxylic acids is 1. The molecule has 0 atom stereocenters. The van der Waals surface area contributed by atoms with E-state index < -0.39 is 5.97 Å². The largest absolute Gasteiger partial charge is 0.478 e. The monoisotopic (exact) mass is 682 g/mol. The quantitative estimate of drug-likeness (QED) is 0.177. The van der Waals surface area contributed by atoms with Gasteiger partial charge in [-0.05, 0) is 128 Å². The van der Waals surface area contributed by atoms with Crippen molar-refractivity contribution in [2.75, 3.05) is 5.32 Å². The van der Waals surface area contributed by atoms with Crippen LogP contribution in [0.25, 0.3) is 76.5 Å². The molecule has 8 aromatic rings. The van der Waals surface area contributed by atoms with E-state index in [1.165, 1.54) is 26.9 Å². The number of nitrogens with one attached hydrogen (secondary N) is 1. The van der Waals surface area contributed by atoms with Gasteiger partial charge >= 0.3 is 5.97 Å². The Bertz CT molecular complexity index is 3140. The Kier molecular flexibility index (Phi) is 7.05. The van der Waals surface area contributed by atoms with Crippen molar-refractivity contribution in [3.63, 3.8) is 0 Å². The van der Waals surface area contributed by atoms with Crippen molar-refractivity contribution in [1.29, 1.82) is 0 Å². The lowest BCUT2D eigenvalue weighted by Gasteiger charge is -2.18. The first-order chi connectivity index (χ1) is 26.0. The third-order valence-corrected chi connectivity index (χ3v) is 10.1. The SMILES string of the molecule is O=C(O)c1ccccc1-c1c2cc/c(=N\c3ccc4cc5ccccc5cc4c3)cc-2oc2cc(Nc3ccc4cc5ccccc5cc4c3)ccc12. The molecular weight excluding hydrogens is 653 g/mol. The smallest absolute Gasteiger partial charge is 0.336 e. The standard InChI is InChI=1S/C48H30N2O3/c51-48(52)42-12-6-5-11-41(42)47-43-19-17-39(49-37-15-13-33-21-29-7-1-3-9-31(29)23-35(33)25-37)27-45(43)53-46-28-40(18-20-44(46)47)50-38-16-14-34-22-30-8-2-4-10-32(30)24-36(34)26-38/h1-28,49H,(H,51,52)/b50-40+. The van der Waals surface area contributed by atoms with E-state index in [0.29, 0.717) is 16.9 Å². The van der Waals surface area contributed by atoms with Crippen LogP contribution in [0.2, 0.25) is 0 Å². The van der Waals surface area contributed by atoms with E-state index in [0.717, 1.165) is 55.1 Å². The second-order valence-corrected chi connectivity index (χ2v) is 13.4. The predicted octanol–water partition coefficient (Wildman–Crippen LogP) is 12.5. The summed E-state index contributed by atoms with van der Waals surface area (Å²) in [6.45, 7) is 0. The molecule has 1 heterocycles. The number of hydrogen-bond acceptors (Lipinski definition) is 4. The molecule has 53 heavy (non-hydrogen) atoms. The van der Waals surface area contributed by atoms with Gasteiger partial charge in [0.05, 0.1) is 16.6 Å².